The number of fused-ring (bicyclic) bond motifs is 1. The second kappa shape index (κ2) is 9.13. The minimum atomic E-state index is -4.39. The molecule has 2 aromatic heterocycles. The second-order valence-electron chi connectivity index (χ2n) is 8.75. The zero-order chi connectivity index (χ0) is 23.8. The van der Waals surface area contributed by atoms with E-state index in [1.165, 1.54) is 13.0 Å². The Kier molecular flexibility index (Phi) is 6.43. The number of pyridine rings is 1. The summed E-state index contributed by atoms with van der Waals surface area (Å²) in [6, 6.07) is 5.93. The first-order valence-electron chi connectivity index (χ1n) is 11.1. The maximum absolute atomic E-state index is 13.4. The molecule has 0 unspecified atom stereocenters. The number of benzene rings is 1. The SMILES string of the molecule is Cc1c([C@@H](C)Nc2nnc(C)c3ncc(N4CCCN(C)CC4)cc23)cccc1C(F)(F)F. The van der Waals surface area contributed by atoms with Crippen LogP contribution in [-0.4, -0.2) is 53.3 Å². The van der Waals surface area contributed by atoms with Crippen LogP contribution in [0.25, 0.3) is 10.9 Å². The molecule has 6 nitrogen and oxygen atoms in total. The first-order chi connectivity index (χ1) is 15.6. The summed E-state index contributed by atoms with van der Waals surface area (Å²) in [6.45, 7) is 9.07. The molecule has 3 heterocycles. The van der Waals surface area contributed by atoms with Gasteiger partial charge >= 0.3 is 6.18 Å². The Bertz CT molecular complexity index is 1150. The van der Waals surface area contributed by atoms with E-state index in [0.717, 1.165) is 55.3 Å². The monoisotopic (exact) mass is 458 g/mol. The first kappa shape index (κ1) is 23.2. The van der Waals surface area contributed by atoms with Gasteiger partial charge in [-0.1, -0.05) is 12.1 Å². The van der Waals surface area contributed by atoms with Crippen LogP contribution >= 0.6 is 0 Å². The van der Waals surface area contributed by atoms with Crippen molar-refractivity contribution in [2.75, 3.05) is 43.4 Å². The second-order valence-corrected chi connectivity index (χ2v) is 8.75. The van der Waals surface area contributed by atoms with Gasteiger partial charge in [-0.3, -0.25) is 4.98 Å². The third kappa shape index (κ3) is 4.88. The van der Waals surface area contributed by atoms with E-state index in [-0.39, 0.29) is 5.56 Å². The molecule has 33 heavy (non-hydrogen) atoms. The summed E-state index contributed by atoms with van der Waals surface area (Å²) < 4.78 is 40.2. The molecule has 1 saturated heterocycles. The number of aryl methyl sites for hydroxylation is 1. The molecule has 1 N–H and O–H groups in total. The van der Waals surface area contributed by atoms with Crippen LogP contribution in [0.5, 0.6) is 0 Å². The van der Waals surface area contributed by atoms with Crippen molar-refractivity contribution in [1.29, 1.82) is 0 Å². The molecular weight excluding hydrogens is 429 g/mol. The van der Waals surface area contributed by atoms with Gasteiger partial charge in [0.15, 0.2) is 5.82 Å². The molecule has 1 aromatic carbocycles. The smallest absolute Gasteiger partial charge is 0.369 e. The van der Waals surface area contributed by atoms with E-state index in [1.54, 1.807) is 6.07 Å². The number of hydrogen-bond acceptors (Lipinski definition) is 6. The van der Waals surface area contributed by atoms with Gasteiger partial charge < -0.3 is 15.1 Å². The summed E-state index contributed by atoms with van der Waals surface area (Å²) in [6.07, 6.45) is -1.46. The molecule has 3 aromatic rings. The number of rotatable bonds is 4. The topological polar surface area (TPSA) is 57.2 Å². The van der Waals surface area contributed by atoms with Crippen molar-refractivity contribution in [3.63, 3.8) is 0 Å². The lowest BCUT2D eigenvalue weighted by Gasteiger charge is -2.24. The van der Waals surface area contributed by atoms with Crippen LogP contribution in [-0.2, 0) is 6.18 Å². The highest BCUT2D eigenvalue weighted by Gasteiger charge is 2.33. The summed E-state index contributed by atoms with van der Waals surface area (Å²) in [4.78, 5) is 9.29. The zero-order valence-corrected chi connectivity index (χ0v) is 19.4. The highest BCUT2D eigenvalue weighted by Crippen LogP contribution is 2.36. The molecule has 0 amide bonds. The molecule has 9 heteroatoms. The van der Waals surface area contributed by atoms with Gasteiger partial charge in [0.25, 0.3) is 0 Å². The van der Waals surface area contributed by atoms with Crippen molar-refractivity contribution < 1.29 is 13.2 Å². The number of nitrogens with one attached hydrogen (secondary N) is 1. The predicted octanol–water partition coefficient (Wildman–Crippen LogP) is 4.98. The fourth-order valence-corrected chi connectivity index (χ4v) is 4.45. The normalized spacial score (nSPS) is 16.6. The van der Waals surface area contributed by atoms with E-state index in [4.69, 9.17) is 0 Å². The lowest BCUT2D eigenvalue weighted by molar-refractivity contribution is -0.138. The highest BCUT2D eigenvalue weighted by atomic mass is 19.4. The van der Waals surface area contributed by atoms with E-state index in [1.807, 2.05) is 20.0 Å². The average Bonchev–Trinajstić information content (AvgIpc) is 2.99. The van der Waals surface area contributed by atoms with Crippen molar-refractivity contribution in [3.8, 4) is 0 Å². The minimum Gasteiger partial charge on any atom is -0.369 e. The quantitative estimate of drug-likeness (QED) is 0.596. The van der Waals surface area contributed by atoms with E-state index in [9.17, 15) is 13.2 Å². The zero-order valence-electron chi connectivity index (χ0n) is 19.4. The molecule has 1 fully saturated rings. The van der Waals surface area contributed by atoms with Crippen LogP contribution in [0, 0.1) is 13.8 Å². The van der Waals surface area contributed by atoms with Crippen LogP contribution < -0.4 is 10.2 Å². The lowest BCUT2D eigenvalue weighted by Crippen LogP contribution is -2.28. The molecule has 1 aliphatic heterocycles. The molecule has 1 atom stereocenters. The van der Waals surface area contributed by atoms with Crippen molar-refractivity contribution in [1.82, 2.24) is 20.1 Å². The van der Waals surface area contributed by atoms with Gasteiger partial charge in [-0.05, 0) is 64.0 Å². The maximum Gasteiger partial charge on any atom is 0.416 e. The average molecular weight is 459 g/mol. The maximum atomic E-state index is 13.4. The molecule has 0 radical (unpaired) electrons. The number of alkyl halides is 3. The van der Waals surface area contributed by atoms with Crippen LogP contribution in [0.1, 0.15) is 41.8 Å². The van der Waals surface area contributed by atoms with Crippen LogP contribution in [0.4, 0.5) is 24.7 Å². The van der Waals surface area contributed by atoms with Crippen molar-refractivity contribution in [2.45, 2.75) is 39.4 Å². The Balaban J connectivity index is 1.69. The van der Waals surface area contributed by atoms with Gasteiger partial charge in [0.1, 0.15) is 0 Å². The lowest BCUT2D eigenvalue weighted by atomic mass is 9.97. The summed E-state index contributed by atoms with van der Waals surface area (Å²) in [5, 5.41) is 12.7. The molecule has 0 aliphatic carbocycles. The number of aromatic nitrogens is 3. The van der Waals surface area contributed by atoms with Gasteiger partial charge in [0, 0.05) is 25.0 Å². The standard InChI is InChI=1S/C24H29F3N6/c1-15-19(7-5-8-21(15)24(25,26)27)16(2)29-23-20-13-18(14-28-22(20)17(3)30-31-23)33-10-6-9-32(4)11-12-33/h5,7-8,13-14,16H,6,9-12H2,1-4H3,(H,29,31)/t16-/m1/s1. The highest BCUT2D eigenvalue weighted by molar-refractivity contribution is 5.92. The van der Waals surface area contributed by atoms with Crippen molar-refractivity contribution in [2.24, 2.45) is 0 Å². The van der Waals surface area contributed by atoms with E-state index < -0.39 is 17.8 Å². The molecule has 0 saturated carbocycles. The predicted molar refractivity (Wildman–Crippen MR) is 125 cm³/mol. The van der Waals surface area contributed by atoms with Gasteiger partial charge in [-0.15, -0.1) is 5.10 Å². The third-order valence-electron chi connectivity index (χ3n) is 6.36. The van der Waals surface area contributed by atoms with Crippen molar-refractivity contribution >= 4 is 22.4 Å². The number of halogens is 3. The molecular formula is C24H29F3N6. The summed E-state index contributed by atoms with van der Waals surface area (Å²) in [5.74, 6) is 0.515. The van der Waals surface area contributed by atoms with Gasteiger partial charge in [-0.2, -0.15) is 18.3 Å². The molecule has 1 aliphatic rings. The van der Waals surface area contributed by atoms with Crippen LogP contribution in [0.2, 0.25) is 0 Å². The van der Waals surface area contributed by atoms with Crippen molar-refractivity contribution in [3.05, 3.63) is 52.8 Å². The molecule has 0 bridgehead atoms. The summed E-state index contributed by atoms with van der Waals surface area (Å²) in [5.41, 5.74) is 2.61. The Labute approximate surface area is 191 Å². The van der Waals surface area contributed by atoms with Gasteiger partial charge in [0.2, 0.25) is 0 Å². The largest absolute Gasteiger partial charge is 0.416 e. The van der Waals surface area contributed by atoms with E-state index >= 15 is 0 Å². The summed E-state index contributed by atoms with van der Waals surface area (Å²) in [7, 11) is 2.13. The van der Waals surface area contributed by atoms with Gasteiger partial charge in [0.05, 0.1) is 34.7 Å². The van der Waals surface area contributed by atoms with Crippen LogP contribution in [0.15, 0.2) is 30.5 Å². The Morgan fingerprint density at radius 3 is 2.61 bits per heavy atom. The number of hydrogen-bond donors (Lipinski definition) is 1. The molecule has 4 rings (SSSR count). The third-order valence-corrected chi connectivity index (χ3v) is 6.36. The van der Waals surface area contributed by atoms with Crippen LogP contribution in [0.3, 0.4) is 0 Å². The fourth-order valence-electron chi connectivity index (χ4n) is 4.45. The minimum absolute atomic E-state index is 0.210. The number of anilines is 2. The van der Waals surface area contributed by atoms with Gasteiger partial charge in [-0.25, -0.2) is 0 Å². The summed E-state index contributed by atoms with van der Waals surface area (Å²) >= 11 is 0. The number of likely N-dealkylation sites (N-methyl/N-ethyl adjacent to an activating group) is 1. The molecule has 176 valence electrons. The Hall–Kier alpha value is -2.94. The van der Waals surface area contributed by atoms with E-state index in [2.05, 4.69) is 43.4 Å². The Morgan fingerprint density at radius 2 is 1.85 bits per heavy atom. The fraction of sp³-hybridized carbons (Fsp3) is 0.458. The Morgan fingerprint density at radius 1 is 1.06 bits per heavy atom. The number of nitrogens with zero attached hydrogens (tertiary/aromatic N) is 5. The first-order valence-corrected chi connectivity index (χ1v) is 11.1. The molecule has 0 spiro atoms. The van der Waals surface area contributed by atoms with E-state index in [0.29, 0.717) is 17.1 Å².